The van der Waals surface area contributed by atoms with E-state index < -0.39 is 10.0 Å². The number of carbonyl (C=O) groups is 1. The number of hydrogen-bond acceptors (Lipinski definition) is 4. The second-order valence-electron chi connectivity index (χ2n) is 7.25. The number of sulfonamides is 1. The van der Waals surface area contributed by atoms with Gasteiger partial charge in [0, 0.05) is 18.7 Å². The molecule has 150 valence electrons. The van der Waals surface area contributed by atoms with Crippen molar-refractivity contribution in [3.05, 3.63) is 59.7 Å². The van der Waals surface area contributed by atoms with Crippen LogP contribution < -0.4 is 9.62 Å². The molecule has 1 amide bonds. The second kappa shape index (κ2) is 8.75. The minimum atomic E-state index is -3.72. The fourth-order valence-corrected chi connectivity index (χ4v) is 4.96. The third-order valence-corrected chi connectivity index (χ3v) is 6.63. The van der Waals surface area contributed by atoms with E-state index in [-0.39, 0.29) is 10.8 Å². The topological polar surface area (TPSA) is 69.7 Å². The highest BCUT2D eigenvalue weighted by atomic mass is 32.2. The molecule has 7 heteroatoms. The Balaban J connectivity index is 1.79. The maximum atomic E-state index is 13.2. The van der Waals surface area contributed by atoms with Crippen LogP contribution in [0.15, 0.2) is 53.4 Å². The summed E-state index contributed by atoms with van der Waals surface area (Å²) in [6.45, 7) is 1.87. The Labute approximate surface area is 167 Å². The van der Waals surface area contributed by atoms with Crippen LogP contribution in [0.25, 0.3) is 0 Å². The molecule has 3 rings (SSSR count). The smallest absolute Gasteiger partial charge is 0.264 e. The molecule has 0 aliphatic carbocycles. The van der Waals surface area contributed by atoms with Gasteiger partial charge in [0.05, 0.1) is 10.6 Å². The van der Waals surface area contributed by atoms with Gasteiger partial charge in [0.1, 0.15) is 0 Å². The van der Waals surface area contributed by atoms with Gasteiger partial charge >= 0.3 is 0 Å². The minimum absolute atomic E-state index is 0.144. The Hall–Kier alpha value is -2.38. The quantitative estimate of drug-likeness (QED) is 0.724. The molecule has 0 aromatic heterocycles. The van der Waals surface area contributed by atoms with E-state index in [2.05, 4.69) is 10.2 Å². The van der Waals surface area contributed by atoms with E-state index in [9.17, 15) is 13.2 Å². The number of amides is 1. The van der Waals surface area contributed by atoms with Gasteiger partial charge in [-0.3, -0.25) is 9.10 Å². The average molecular weight is 402 g/mol. The Morgan fingerprint density at radius 3 is 2.71 bits per heavy atom. The van der Waals surface area contributed by atoms with Gasteiger partial charge in [0.25, 0.3) is 15.9 Å². The number of fused-ring (bicyclic) bond motifs is 1. The Morgan fingerprint density at radius 1 is 1.14 bits per heavy atom. The summed E-state index contributed by atoms with van der Waals surface area (Å²) >= 11 is 0. The van der Waals surface area contributed by atoms with Crippen LogP contribution in [0.1, 0.15) is 28.8 Å². The van der Waals surface area contributed by atoms with Gasteiger partial charge in [0.2, 0.25) is 0 Å². The van der Waals surface area contributed by atoms with Gasteiger partial charge in [-0.2, -0.15) is 0 Å². The van der Waals surface area contributed by atoms with Crippen molar-refractivity contribution in [1.29, 1.82) is 0 Å². The molecule has 1 aliphatic rings. The average Bonchev–Trinajstić information content (AvgIpc) is 2.70. The summed E-state index contributed by atoms with van der Waals surface area (Å²) in [5.74, 6) is -0.255. The van der Waals surface area contributed by atoms with Crippen molar-refractivity contribution in [2.24, 2.45) is 0 Å². The molecular formula is C21H27N3O3S. The van der Waals surface area contributed by atoms with Crippen molar-refractivity contribution in [3.8, 4) is 0 Å². The number of anilines is 1. The molecule has 0 saturated heterocycles. The van der Waals surface area contributed by atoms with Crippen LogP contribution in [0.3, 0.4) is 0 Å². The number of hydrogen-bond donors (Lipinski definition) is 1. The standard InChI is InChI=1S/C21H27N3O3S/c1-23(2)14-7-13-22-21(25)18-9-5-11-19(16-18)28(26,27)24-15-6-10-17-8-3-4-12-20(17)24/h3-5,8-9,11-12,16H,6-7,10,13-15H2,1-2H3,(H,22,25). The molecular weight excluding hydrogens is 374 g/mol. The molecule has 0 atom stereocenters. The van der Waals surface area contributed by atoms with Gasteiger partial charge in [-0.15, -0.1) is 0 Å². The fourth-order valence-electron chi connectivity index (χ4n) is 3.37. The molecule has 0 spiro atoms. The van der Waals surface area contributed by atoms with Crippen LogP contribution in [0.2, 0.25) is 0 Å². The Morgan fingerprint density at radius 2 is 1.93 bits per heavy atom. The summed E-state index contributed by atoms with van der Waals surface area (Å²) in [4.78, 5) is 14.6. The highest BCUT2D eigenvalue weighted by molar-refractivity contribution is 7.92. The number of rotatable bonds is 7. The Kier molecular flexibility index (Phi) is 6.36. The molecule has 0 radical (unpaired) electrons. The van der Waals surface area contributed by atoms with Crippen LogP contribution in [0, 0.1) is 0 Å². The van der Waals surface area contributed by atoms with E-state index in [0.717, 1.165) is 37.1 Å². The van der Waals surface area contributed by atoms with Gasteiger partial charge in [-0.05, 0) is 69.7 Å². The van der Waals surface area contributed by atoms with E-state index in [4.69, 9.17) is 0 Å². The first kappa shape index (κ1) is 20.4. The number of nitrogens with one attached hydrogen (secondary N) is 1. The third-order valence-electron chi connectivity index (χ3n) is 4.82. The zero-order valence-corrected chi connectivity index (χ0v) is 17.2. The van der Waals surface area contributed by atoms with Crippen LogP contribution in [0.4, 0.5) is 5.69 Å². The van der Waals surface area contributed by atoms with Gasteiger partial charge < -0.3 is 10.2 Å². The molecule has 1 aliphatic heterocycles. The van der Waals surface area contributed by atoms with Crippen molar-refractivity contribution >= 4 is 21.6 Å². The monoisotopic (exact) mass is 401 g/mol. The number of benzene rings is 2. The maximum absolute atomic E-state index is 13.2. The molecule has 28 heavy (non-hydrogen) atoms. The minimum Gasteiger partial charge on any atom is -0.352 e. The lowest BCUT2D eigenvalue weighted by molar-refractivity contribution is 0.0952. The second-order valence-corrected chi connectivity index (χ2v) is 9.11. The summed E-state index contributed by atoms with van der Waals surface area (Å²) in [5.41, 5.74) is 2.12. The number of nitrogens with zero attached hydrogens (tertiary/aromatic N) is 2. The molecule has 2 aromatic rings. The lowest BCUT2D eigenvalue weighted by Crippen LogP contribution is -2.35. The SMILES string of the molecule is CN(C)CCCNC(=O)c1cccc(S(=O)(=O)N2CCCc3ccccc32)c1. The molecule has 0 fully saturated rings. The van der Waals surface area contributed by atoms with Crippen molar-refractivity contribution in [3.63, 3.8) is 0 Å². The predicted octanol–water partition coefficient (Wildman–Crippen LogP) is 2.51. The first-order chi connectivity index (χ1) is 13.4. The predicted molar refractivity (Wildman–Crippen MR) is 111 cm³/mol. The summed E-state index contributed by atoms with van der Waals surface area (Å²) < 4.78 is 28.0. The van der Waals surface area contributed by atoms with E-state index in [1.165, 1.54) is 10.4 Å². The highest BCUT2D eigenvalue weighted by Gasteiger charge is 2.29. The van der Waals surface area contributed by atoms with E-state index in [0.29, 0.717) is 18.7 Å². The zero-order valence-electron chi connectivity index (χ0n) is 16.4. The van der Waals surface area contributed by atoms with Crippen molar-refractivity contribution in [1.82, 2.24) is 10.2 Å². The van der Waals surface area contributed by atoms with Crippen LogP contribution in [-0.4, -0.2) is 53.0 Å². The van der Waals surface area contributed by atoms with E-state index in [1.54, 1.807) is 18.2 Å². The molecule has 2 aromatic carbocycles. The van der Waals surface area contributed by atoms with Gasteiger partial charge in [-0.25, -0.2) is 8.42 Å². The molecule has 1 heterocycles. The third kappa shape index (κ3) is 4.54. The van der Waals surface area contributed by atoms with E-state index in [1.807, 2.05) is 38.4 Å². The first-order valence-corrected chi connectivity index (χ1v) is 11.0. The van der Waals surface area contributed by atoms with Crippen molar-refractivity contribution in [2.75, 3.05) is 38.0 Å². The first-order valence-electron chi connectivity index (χ1n) is 9.53. The number of carbonyl (C=O) groups excluding carboxylic acids is 1. The fraction of sp³-hybridized carbons (Fsp3) is 0.381. The zero-order chi connectivity index (χ0) is 20.1. The van der Waals surface area contributed by atoms with Crippen LogP contribution >= 0.6 is 0 Å². The lowest BCUT2D eigenvalue weighted by atomic mass is 10.0. The maximum Gasteiger partial charge on any atom is 0.264 e. The van der Waals surface area contributed by atoms with Gasteiger partial charge in [0.15, 0.2) is 0 Å². The number of para-hydroxylation sites is 1. The summed E-state index contributed by atoms with van der Waals surface area (Å²) in [5, 5.41) is 2.85. The summed E-state index contributed by atoms with van der Waals surface area (Å²) in [6.07, 6.45) is 2.49. The molecule has 0 unspecified atom stereocenters. The van der Waals surface area contributed by atoms with Gasteiger partial charge in [-0.1, -0.05) is 24.3 Å². The molecule has 0 saturated carbocycles. The largest absolute Gasteiger partial charge is 0.352 e. The molecule has 6 nitrogen and oxygen atoms in total. The lowest BCUT2D eigenvalue weighted by Gasteiger charge is -2.30. The van der Waals surface area contributed by atoms with E-state index >= 15 is 0 Å². The van der Waals surface area contributed by atoms with Crippen LogP contribution in [0.5, 0.6) is 0 Å². The highest BCUT2D eigenvalue weighted by Crippen LogP contribution is 2.31. The summed E-state index contributed by atoms with van der Waals surface area (Å²) in [6, 6.07) is 13.9. The van der Waals surface area contributed by atoms with Crippen molar-refractivity contribution in [2.45, 2.75) is 24.2 Å². The molecule has 0 bridgehead atoms. The van der Waals surface area contributed by atoms with Crippen molar-refractivity contribution < 1.29 is 13.2 Å². The summed E-state index contributed by atoms with van der Waals surface area (Å²) in [7, 11) is 0.241. The molecule has 1 N–H and O–H groups in total. The number of aryl methyl sites for hydroxylation is 1. The normalized spacial score (nSPS) is 14.0. The van der Waals surface area contributed by atoms with Crippen LogP contribution in [-0.2, 0) is 16.4 Å². The Bertz CT molecular complexity index is 941.